The van der Waals surface area contributed by atoms with E-state index in [-0.39, 0.29) is 12.1 Å². The molecule has 16 heavy (non-hydrogen) atoms. The average molecular weight is 223 g/mol. The smallest absolute Gasteiger partial charge is 0.225 e. The van der Waals surface area contributed by atoms with Gasteiger partial charge in [0.1, 0.15) is 12.0 Å². The van der Waals surface area contributed by atoms with Crippen molar-refractivity contribution in [3.05, 3.63) is 24.3 Å². The van der Waals surface area contributed by atoms with E-state index < -0.39 is 0 Å². The van der Waals surface area contributed by atoms with Gasteiger partial charge >= 0.3 is 0 Å². The van der Waals surface area contributed by atoms with Crippen LogP contribution in [0.25, 0.3) is 0 Å². The average Bonchev–Trinajstić information content (AvgIpc) is 2.29. The largest absolute Gasteiger partial charge is 0.497 e. The first kappa shape index (κ1) is 12.5. The number of carbonyl (C=O) groups is 1. The van der Waals surface area contributed by atoms with Crippen LogP contribution < -0.4 is 9.64 Å². The van der Waals surface area contributed by atoms with E-state index in [1.54, 1.807) is 19.1 Å². The molecule has 0 saturated carbocycles. The number of ether oxygens (including phenoxy) is 2. The van der Waals surface area contributed by atoms with Gasteiger partial charge in [-0.15, -0.1) is 0 Å². The summed E-state index contributed by atoms with van der Waals surface area (Å²) in [6.45, 7) is 3.34. The fraction of sp³-hybridized carbons (Fsp3) is 0.417. The molecule has 1 atom stereocenters. The number of nitrogens with zero attached hydrogens (tertiary/aromatic N) is 1. The molecule has 1 unspecified atom stereocenters. The van der Waals surface area contributed by atoms with Crippen LogP contribution in [0.1, 0.15) is 13.8 Å². The van der Waals surface area contributed by atoms with E-state index in [0.717, 1.165) is 11.4 Å². The SMILES string of the molecule is COc1ccc(N(C(C)=O)C(C)OC)cc1. The second-order valence-electron chi connectivity index (χ2n) is 3.42. The number of hydrogen-bond acceptors (Lipinski definition) is 3. The first-order valence-corrected chi connectivity index (χ1v) is 5.06. The molecule has 0 aromatic heterocycles. The zero-order chi connectivity index (χ0) is 12.1. The standard InChI is InChI=1S/C12H17NO3/c1-9(14)13(10(2)15-3)11-5-7-12(16-4)8-6-11/h5-8,10H,1-4H3. The van der Waals surface area contributed by atoms with Crippen LogP contribution >= 0.6 is 0 Å². The third kappa shape index (κ3) is 2.73. The van der Waals surface area contributed by atoms with Gasteiger partial charge in [-0.1, -0.05) is 0 Å². The van der Waals surface area contributed by atoms with Crippen LogP contribution in [0.2, 0.25) is 0 Å². The van der Waals surface area contributed by atoms with E-state index in [1.807, 2.05) is 31.2 Å². The summed E-state index contributed by atoms with van der Waals surface area (Å²) in [7, 11) is 3.18. The van der Waals surface area contributed by atoms with Crippen molar-refractivity contribution in [3.63, 3.8) is 0 Å². The minimum Gasteiger partial charge on any atom is -0.497 e. The fourth-order valence-electron chi connectivity index (χ4n) is 1.50. The van der Waals surface area contributed by atoms with Crippen LogP contribution in [0.15, 0.2) is 24.3 Å². The minimum atomic E-state index is -0.286. The highest BCUT2D eigenvalue weighted by Gasteiger charge is 2.17. The van der Waals surface area contributed by atoms with Gasteiger partial charge < -0.3 is 9.47 Å². The van der Waals surface area contributed by atoms with Gasteiger partial charge in [-0.05, 0) is 31.2 Å². The lowest BCUT2D eigenvalue weighted by molar-refractivity contribution is -0.118. The maximum Gasteiger partial charge on any atom is 0.225 e. The Hall–Kier alpha value is -1.55. The summed E-state index contributed by atoms with van der Waals surface area (Å²) >= 11 is 0. The quantitative estimate of drug-likeness (QED) is 0.733. The van der Waals surface area contributed by atoms with Gasteiger partial charge in [0.2, 0.25) is 5.91 Å². The predicted molar refractivity (Wildman–Crippen MR) is 62.6 cm³/mol. The maximum atomic E-state index is 11.5. The second-order valence-corrected chi connectivity index (χ2v) is 3.42. The molecule has 0 spiro atoms. The number of carbonyl (C=O) groups excluding carboxylic acids is 1. The lowest BCUT2D eigenvalue weighted by Gasteiger charge is -2.27. The zero-order valence-corrected chi connectivity index (χ0v) is 10.1. The van der Waals surface area contributed by atoms with E-state index in [0.29, 0.717) is 0 Å². The van der Waals surface area contributed by atoms with Crippen molar-refractivity contribution in [2.45, 2.75) is 20.1 Å². The van der Waals surface area contributed by atoms with Gasteiger partial charge in [0.05, 0.1) is 7.11 Å². The third-order valence-electron chi connectivity index (χ3n) is 2.39. The van der Waals surface area contributed by atoms with Crippen molar-refractivity contribution >= 4 is 11.6 Å². The van der Waals surface area contributed by atoms with Gasteiger partial charge in [0.25, 0.3) is 0 Å². The summed E-state index contributed by atoms with van der Waals surface area (Å²) < 4.78 is 10.2. The van der Waals surface area contributed by atoms with Crippen molar-refractivity contribution in [1.82, 2.24) is 0 Å². The van der Waals surface area contributed by atoms with Gasteiger partial charge in [-0.3, -0.25) is 9.69 Å². The molecule has 1 amide bonds. The Morgan fingerprint density at radius 3 is 2.19 bits per heavy atom. The van der Waals surface area contributed by atoms with E-state index in [1.165, 1.54) is 6.92 Å². The molecule has 1 aromatic rings. The van der Waals surface area contributed by atoms with E-state index in [4.69, 9.17) is 9.47 Å². The lowest BCUT2D eigenvalue weighted by atomic mass is 10.2. The summed E-state index contributed by atoms with van der Waals surface area (Å²) in [5, 5.41) is 0. The molecule has 0 radical (unpaired) electrons. The second kappa shape index (κ2) is 5.51. The molecule has 0 N–H and O–H groups in total. The van der Waals surface area contributed by atoms with Crippen LogP contribution in [0, 0.1) is 0 Å². The molecular formula is C12H17NO3. The van der Waals surface area contributed by atoms with Crippen LogP contribution in [-0.4, -0.2) is 26.4 Å². The molecule has 0 fully saturated rings. The number of benzene rings is 1. The molecule has 0 aliphatic rings. The Balaban J connectivity index is 2.97. The van der Waals surface area contributed by atoms with Crippen molar-refractivity contribution in [1.29, 1.82) is 0 Å². The Morgan fingerprint density at radius 2 is 1.81 bits per heavy atom. The molecule has 0 aliphatic heterocycles. The van der Waals surface area contributed by atoms with E-state index >= 15 is 0 Å². The molecule has 88 valence electrons. The molecule has 4 nitrogen and oxygen atoms in total. The number of anilines is 1. The lowest BCUT2D eigenvalue weighted by Crippen LogP contribution is -2.38. The highest BCUT2D eigenvalue weighted by molar-refractivity contribution is 5.91. The van der Waals surface area contributed by atoms with Crippen molar-refractivity contribution in [2.75, 3.05) is 19.1 Å². The van der Waals surface area contributed by atoms with Crippen molar-refractivity contribution in [3.8, 4) is 5.75 Å². The van der Waals surface area contributed by atoms with Gasteiger partial charge in [-0.25, -0.2) is 0 Å². The molecule has 1 rings (SSSR count). The van der Waals surface area contributed by atoms with Crippen molar-refractivity contribution < 1.29 is 14.3 Å². The predicted octanol–water partition coefficient (Wildman–Crippen LogP) is 2.04. The van der Waals surface area contributed by atoms with Crippen LogP contribution in [-0.2, 0) is 9.53 Å². The summed E-state index contributed by atoms with van der Waals surface area (Å²) in [6.07, 6.45) is -0.286. The molecular weight excluding hydrogens is 206 g/mol. The maximum absolute atomic E-state index is 11.5. The summed E-state index contributed by atoms with van der Waals surface area (Å²) in [4.78, 5) is 13.1. The third-order valence-corrected chi connectivity index (χ3v) is 2.39. The topological polar surface area (TPSA) is 38.8 Å². The molecule has 0 saturated heterocycles. The number of rotatable bonds is 4. The van der Waals surface area contributed by atoms with Crippen LogP contribution in [0.5, 0.6) is 5.75 Å². The minimum absolute atomic E-state index is 0.0560. The van der Waals surface area contributed by atoms with Crippen molar-refractivity contribution in [2.24, 2.45) is 0 Å². The molecule has 4 heteroatoms. The number of amides is 1. The first-order chi connectivity index (χ1) is 7.60. The Morgan fingerprint density at radius 1 is 1.25 bits per heavy atom. The summed E-state index contributed by atoms with van der Waals surface area (Å²) in [5.41, 5.74) is 0.794. The highest BCUT2D eigenvalue weighted by Crippen LogP contribution is 2.21. The first-order valence-electron chi connectivity index (χ1n) is 5.06. The zero-order valence-electron chi connectivity index (χ0n) is 10.1. The molecule has 0 aliphatic carbocycles. The number of methoxy groups -OCH3 is 2. The van der Waals surface area contributed by atoms with Gasteiger partial charge in [0.15, 0.2) is 0 Å². The normalized spacial score (nSPS) is 12.0. The number of hydrogen-bond donors (Lipinski definition) is 0. The highest BCUT2D eigenvalue weighted by atomic mass is 16.5. The van der Waals surface area contributed by atoms with Gasteiger partial charge in [-0.2, -0.15) is 0 Å². The Labute approximate surface area is 95.8 Å². The Kier molecular flexibility index (Phi) is 4.31. The van der Waals surface area contributed by atoms with E-state index in [9.17, 15) is 4.79 Å². The molecule has 0 heterocycles. The Bertz CT molecular complexity index is 348. The summed E-state index contributed by atoms with van der Waals surface area (Å²) in [5.74, 6) is 0.705. The van der Waals surface area contributed by atoms with Crippen LogP contribution in [0.4, 0.5) is 5.69 Å². The van der Waals surface area contributed by atoms with E-state index in [2.05, 4.69) is 0 Å². The molecule has 1 aromatic carbocycles. The fourth-order valence-corrected chi connectivity index (χ4v) is 1.50. The summed E-state index contributed by atoms with van der Waals surface area (Å²) in [6, 6.07) is 7.28. The monoisotopic (exact) mass is 223 g/mol. The van der Waals surface area contributed by atoms with Crippen LogP contribution in [0.3, 0.4) is 0 Å². The van der Waals surface area contributed by atoms with Gasteiger partial charge in [0, 0.05) is 19.7 Å². The molecule has 0 bridgehead atoms.